The third-order valence-corrected chi connectivity index (χ3v) is 2.37. The molecule has 0 atom stereocenters. The number of nitrogens with zero attached hydrogens (tertiary/aromatic N) is 1. The second-order valence-corrected chi connectivity index (χ2v) is 4.15. The number of thioether (sulfide) groups is 1. The third-order valence-electron chi connectivity index (χ3n) is 1.64. The quantitative estimate of drug-likeness (QED) is 0.737. The highest BCUT2D eigenvalue weighted by atomic mass is 32.2. The van der Waals surface area contributed by atoms with Crippen LogP contribution in [0.1, 0.15) is 6.92 Å². The smallest absolute Gasteiger partial charge is 0.170 e. The summed E-state index contributed by atoms with van der Waals surface area (Å²) in [6.45, 7) is 5.79. The molecule has 1 aromatic carbocycles. The van der Waals surface area contributed by atoms with Crippen LogP contribution in [0.5, 0.6) is 0 Å². The van der Waals surface area contributed by atoms with E-state index >= 15 is 0 Å². The van der Waals surface area contributed by atoms with Crippen molar-refractivity contribution in [3.8, 4) is 0 Å². The average Bonchev–Trinajstić information content (AvgIpc) is 2.44. The van der Waals surface area contributed by atoms with Gasteiger partial charge in [-0.05, 0) is 24.0 Å². The van der Waals surface area contributed by atoms with Crippen LogP contribution in [0.4, 0.5) is 0 Å². The lowest BCUT2D eigenvalue weighted by molar-refractivity contribution is 1.08. The van der Waals surface area contributed by atoms with Crippen LogP contribution in [-0.4, -0.2) is 9.97 Å². The minimum atomic E-state index is 0.911. The molecule has 2 rings (SSSR count). The maximum Gasteiger partial charge on any atom is 0.170 e. The van der Waals surface area contributed by atoms with Crippen LogP contribution >= 0.6 is 11.8 Å². The number of hydrogen-bond acceptors (Lipinski definition) is 2. The summed E-state index contributed by atoms with van der Waals surface area (Å²) in [5, 5.41) is 0.911. The van der Waals surface area contributed by atoms with Gasteiger partial charge in [-0.25, -0.2) is 4.98 Å². The van der Waals surface area contributed by atoms with E-state index in [9.17, 15) is 0 Å². The summed E-state index contributed by atoms with van der Waals surface area (Å²) in [5.74, 6) is 0. The van der Waals surface area contributed by atoms with E-state index in [2.05, 4.69) is 16.5 Å². The molecular formula is C10H10N2S. The molecule has 13 heavy (non-hydrogen) atoms. The summed E-state index contributed by atoms with van der Waals surface area (Å²) in [5.41, 5.74) is 2.08. The molecule has 2 nitrogen and oxygen atoms in total. The molecule has 2 aromatic rings. The van der Waals surface area contributed by atoms with Crippen molar-refractivity contribution in [1.82, 2.24) is 9.97 Å². The van der Waals surface area contributed by atoms with Gasteiger partial charge < -0.3 is 4.98 Å². The molecule has 1 heterocycles. The first kappa shape index (κ1) is 8.38. The predicted molar refractivity (Wildman–Crippen MR) is 56.8 cm³/mol. The van der Waals surface area contributed by atoms with Crippen molar-refractivity contribution in [2.45, 2.75) is 12.1 Å². The number of allylic oxidation sites excluding steroid dienone is 1. The molecule has 0 fully saturated rings. The van der Waals surface area contributed by atoms with Gasteiger partial charge in [-0.1, -0.05) is 30.5 Å². The standard InChI is InChI=1S/C10H10N2S/c1-7(2)13-10-11-8-5-3-4-6-9(8)12-10/h3-6H,1H2,2H3,(H,11,12). The molecule has 0 aliphatic rings. The number of H-pyrrole nitrogens is 1. The van der Waals surface area contributed by atoms with Gasteiger partial charge in [0.05, 0.1) is 11.0 Å². The lowest BCUT2D eigenvalue weighted by Crippen LogP contribution is -1.71. The van der Waals surface area contributed by atoms with E-state index in [4.69, 9.17) is 0 Å². The van der Waals surface area contributed by atoms with E-state index < -0.39 is 0 Å². The monoisotopic (exact) mass is 190 g/mol. The van der Waals surface area contributed by atoms with Crippen LogP contribution in [0.2, 0.25) is 0 Å². The lowest BCUT2D eigenvalue weighted by atomic mass is 10.3. The normalized spacial score (nSPS) is 10.5. The van der Waals surface area contributed by atoms with Gasteiger partial charge in [0.1, 0.15) is 0 Å². The van der Waals surface area contributed by atoms with Crippen molar-refractivity contribution >= 4 is 22.8 Å². The van der Waals surface area contributed by atoms with E-state index in [1.165, 1.54) is 0 Å². The van der Waals surface area contributed by atoms with Crippen molar-refractivity contribution in [3.63, 3.8) is 0 Å². The largest absolute Gasteiger partial charge is 0.333 e. The van der Waals surface area contributed by atoms with E-state index in [0.717, 1.165) is 21.1 Å². The van der Waals surface area contributed by atoms with Crippen molar-refractivity contribution in [1.29, 1.82) is 0 Å². The Morgan fingerprint density at radius 2 is 2.23 bits per heavy atom. The highest BCUT2D eigenvalue weighted by molar-refractivity contribution is 8.02. The molecule has 0 aliphatic heterocycles. The summed E-state index contributed by atoms with van der Waals surface area (Å²) in [7, 11) is 0. The molecule has 0 aliphatic carbocycles. The summed E-state index contributed by atoms with van der Waals surface area (Å²) < 4.78 is 0. The highest BCUT2D eigenvalue weighted by Crippen LogP contribution is 2.23. The van der Waals surface area contributed by atoms with Crippen molar-refractivity contribution in [3.05, 3.63) is 35.7 Å². The number of hydrogen-bond donors (Lipinski definition) is 1. The van der Waals surface area contributed by atoms with Gasteiger partial charge in [-0.3, -0.25) is 0 Å². The minimum Gasteiger partial charge on any atom is -0.333 e. The Balaban J connectivity index is 2.44. The molecule has 0 spiro atoms. The zero-order valence-electron chi connectivity index (χ0n) is 7.37. The van der Waals surface area contributed by atoms with Crippen molar-refractivity contribution in [2.75, 3.05) is 0 Å². The Morgan fingerprint density at radius 1 is 1.46 bits per heavy atom. The maximum atomic E-state index is 4.40. The van der Waals surface area contributed by atoms with E-state index in [1.807, 2.05) is 31.2 Å². The summed E-state index contributed by atoms with van der Waals surface area (Å²) in [6, 6.07) is 7.99. The number of fused-ring (bicyclic) bond motifs is 1. The second-order valence-electron chi connectivity index (χ2n) is 2.86. The van der Waals surface area contributed by atoms with Crippen LogP contribution in [-0.2, 0) is 0 Å². The van der Waals surface area contributed by atoms with Gasteiger partial charge >= 0.3 is 0 Å². The Morgan fingerprint density at radius 3 is 2.92 bits per heavy atom. The molecule has 0 saturated heterocycles. The van der Waals surface area contributed by atoms with Gasteiger partial charge in [-0.2, -0.15) is 0 Å². The van der Waals surface area contributed by atoms with Gasteiger partial charge in [0.2, 0.25) is 0 Å². The molecule has 0 radical (unpaired) electrons. The summed E-state index contributed by atoms with van der Waals surface area (Å²) in [6.07, 6.45) is 0. The second kappa shape index (κ2) is 3.26. The van der Waals surface area contributed by atoms with Crippen LogP contribution < -0.4 is 0 Å². The number of aromatic amines is 1. The number of aromatic nitrogens is 2. The molecule has 0 saturated carbocycles. The molecular weight excluding hydrogens is 180 g/mol. The van der Waals surface area contributed by atoms with Crippen molar-refractivity contribution < 1.29 is 0 Å². The zero-order valence-corrected chi connectivity index (χ0v) is 8.19. The van der Waals surface area contributed by atoms with Crippen molar-refractivity contribution in [2.24, 2.45) is 0 Å². The fourth-order valence-electron chi connectivity index (χ4n) is 1.14. The molecule has 1 aromatic heterocycles. The molecule has 0 unspecified atom stereocenters. The number of nitrogens with one attached hydrogen (secondary N) is 1. The van der Waals surface area contributed by atoms with E-state index in [0.29, 0.717) is 0 Å². The molecule has 0 amide bonds. The first-order valence-corrected chi connectivity index (χ1v) is 4.85. The first-order chi connectivity index (χ1) is 6.25. The number of para-hydroxylation sites is 2. The van der Waals surface area contributed by atoms with E-state index in [-0.39, 0.29) is 0 Å². The van der Waals surface area contributed by atoms with Crippen LogP contribution in [0, 0.1) is 0 Å². The van der Waals surface area contributed by atoms with Gasteiger partial charge in [0.15, 0.2) is 5.16 Å². The zero-order chi connectivity index (χ0) is 9.26. The lowest BCUT2D eigenvalue weighted by Gasteiger charge is -1.90. The fraction of sp³-hybridized carbons (Fsp3) is 0.100. The molecule has 3 heteroatoms. The molecule has 66 valence electrons. The van der Waals surface area contributed by atoms with E-state index in [1.54, 1.807) is 11.8 Å². The summed E-state index contributed by atoms with van der Waals surface area (Å²) in [4.78, 5) is 8.66. The molecule has 1 N–H and O–H groups in total. The number of imidazole rings is 1. The SMILES string of the molecule is C=C(C)Sc1nc2ccccc2[nH]1. The van der Waals surface area contributed by atoms with Gasteiger partial charge in [0.25, 0.3) is 0 Å². The first-order valence-electron chi connectivity index (χ1n) is 4.04. The van der Waals surface area contributed by atoms with Crippen LogP contribution in [0.15, 0.2) is 40.9 Å². The predicted octanol–water partition coefficient (Wildman–Crippen LogP) is 3.19. The Labute approximate surface area is 81.1 Å². The van der Waals surface area contributed by atoms with Gasteiger partial charge in [0, 0.05) is 0 Å². The Bertz CT molecular complexity index is 412. The van der Waals surface area contributed by atoms with Gasteiger partial charge in [-0.15, -0.1) is 0 Å². The minimum absolute atomic E-state index is 0.911. The number of benzene rings is 1. The number of rotatable bonds is 2. The fourth-order valence-corrected chi connectivity index (χ4v) is 1.78. The third kappa shape index (κ3) is 1.75. The average molecular weight is 190 g/mol. The summed E-state index contributed by atoms with van der Waals surface area (Å²) >= 11 is 1.56. The van der Waals surface area contributed by atoms with Crippen LogP contribution in [0.25, 0.3) is 11.0 Å². The highest BCUT2D eigenvalue weighted by Gasteiger charge is 2.01. The Hall–Kier alpha value is -1.22. The van der Waals surface area contributed by atoms with Crippen LogP contribution in [0.3, 0.4) is 0 Å². The Kier molecular flexibility index (Phi) is 2.10. The maximum absolute atomic E-state index is 4.40. The molecule has 0 bridgehead atoms. The topological polar surface area (TPSA) is 28.7 Å².